The summed E-state index contributed by atoms with van der Waals surface area (Å²) < 4.78 is 5.30. The molecule has 2 nitrogen and oxygen atoms in total. The molecule has 0 aliphatic carbocycles. The van der Waals surface area contributed by atoms with Crippen molar-refractivity contribution >= 4 is 0 Å². The maximum Gasteiger partial charge on any atom is 0.0593 e. The molecule has 14 heavy (non-hydrogen) atoms. The number of benzene rings is 1. The first kappa shape index (κ1) is 11.2. The van der Waals surface area contributed by atoms with Gasteiger partial charge in [-0.2, -0.15) is 0 Å². The van der Waals surface area contributed by atoms with Crippen LogP contribution < -0.4 is 0 Å². The summed E-state index contributed by atoms with van der Waals surface area (Å²) in [5, 5.41) is 0. The highest BCUT2D eigenvalue weighted by Gasteiger charge is 1.98. The molecule has 1 aromatic rings. The van der Waals surface area contributed by atoms with Crippen molar-refractivity contribution in [1.29, 1.82) is 0 Å². The fourth-order valence-electron chi connectivity index (χ4n) is 1.34. The molecule has 0 spiro atoms. The van der Waals surface area contributed by atoms with Crippen LogP contribution in [-0.2, 0) is 11.3 Å². The van der Waals surface area contributed by atoms with Crippen LogP contribution in [0.5, 0.6) is 0 Å². The molecule has 0 unspecified atom stereocenters. The smallest absolute Gasteiger partial charge is 0.0593 e. The molecule has 78 valence electrons. The van der Waals surface area contributed by atoms with Crippen molar-refractivity contribution in [2.75, 3.05) is 26.8 Å². The Kier molecular flexibility index (Phi) is 5.27. The summed E-state index contributed by atoms with van der Waals surface area (Å²) in [4.78, 5) is 2.27. The van der Waals surface area contributed by atoms with Gasteiger partial charge in [0.2, 0.25) is 0 Å². The van der Waals surface area contributed by atoms with E-state index in [-0.39, 0.29) is 0 Å². The Labute approximate surface area is 86.5 Å². The predicted octanol–water partition coefficient (Wildman–Crippen LogP) is 2.15. The third-order valence-electron chi connectivity index (χ3n) is 2.12. The van der Waals surface area contributed by atoms with E-state index in [0.717, 1.165) is 26.3 Å². The maximum atomic E-state index is 5.30. The van der Waals surface area contributed by atoms with Crippen LogP contribution in [0, 0.1) is 0 Å². The molecule has 2 heteroatoms. The molecule has 0 aliphatic heterocycles. The fourth-order valence-corrected chi connectivity index (χ4v) is 1.34. The van der Waals surface area contributed by atoms with Crippen LogP contribution in [0.15, 0.2) is 30.3 Å². The van der Waals surface area contributed by atoms with E-state index in [4.69, 9.17) is 4.74 Å². The van der Waals surface area contributed by atoms with E-state index >= 15 is 0 Å². The number of nitrogens with zero attached hydrogens (tertiary/aromatic N) is 1. The Hall–Kier alpha value is -0.860. The summed E-state index contributed by atoms with van der Waals surface area (Å²) in [6.07, 6.45) is 0. The Morgan fingerprint density at radius 1 is 1.21 bits per heavy atom. The van der Waals surface area contributed by atoms with Gasteiger partial charge in [-0.1, -0.05) is 30.3 Å². The lowest BCUT2D eigenvalue weighted by atomic mass is 10.2. The minimum atomic E-state index is 0.805. The molecule has 1 aromatic carbocycles. The minimum Gasteiger partial charge on any atom is -0.380 e. The normalized spacial score (nSPS) is 10.8. The van der Waals surface area contributed by atoms with Gasteiger partial charge in [-0.15, -0.1) is 0 Å². The summed E-state index contributed by atoms with van der Waals surface area (Å²) in [7, 11) is 2.12. The third kappa shape index (κ3) is 4.40. The number of ether oxygens (including phenoxy) is 1. The van der Waals surface area contributed by atoms with Crippen molar-refractivity contribution < 1.29 is 4.74 Å². The summed E-state index contributed by atoms with van der Waals surface area (Å²) in [6.45, 7) is 5.63. The fraction of sp³-hybridized carbons (Fsp3) is 0.500. The lowest BCUT2D eigenvalue weighted by molar-refractivity contribution is 0.120. The van der Waals surface area contributed by atoms with Crippen LogP contribution in [0.4, 0.5) is 0 Å². The average Bonchev–Trinajstić information content (AvgIpc) is 2.20. The van der Waals surface area contributed by atoms with Gasteiger partial charge < -0.3 is 4.74 Å². The van der Waals surface area contributed by atoms with E-state index in [1.54, 1.807) is 0 Å². The molecule has 1 rings (SSSR count). The number of hydrogen-bond donors (Lipinski definition) is 0. The largest absolute Gasteiger partial charge is 0.380 e. The standard InChI is InChI=1S/C12H19NO/c1-3-14-10-9-13(2)11-12-7-5-4-6-8-12/h4-8H,3,9-11H2,1-2H3. The molecule has 0 atom stereocenters. The monoisotopic (exact) mass is 193 g/mol. The molecule has 0 saturated carbocycles. The summed E-state index contributed by atoms with van der Waals surface area (Å²) in [5.41, 5.74) is 1.35. The molecule has 0 radical (unpaired) electrons. The molecule has 0 aliphatic rings. The van der Waals surface area contributed by atoms with Crippen molar-refractivity contribution in [3.05, 3.63) is 35.9 Å². The SMILES string of the molecule is CCOCCN(C)Cc1ccccc1. The lowest BCUT2D eigenvalue weighted by Gasteiger charge is -2.16. The molecule has 0 heterocycles. The zero-order valence-corrected chi connectivity index (χ0v) is 9.07. The van der Waals surface area contributed by atoms with E-state index < -0.39 is 0 Å². The molecule has 0 N–H and O–H groups in total. The summed E-state index contributed by atoms with van der Waals surface area (Å²) in [6, 6.07) is 10.5. The quantitative estimate of drug-likeness (QED) is 0.642. The second-order valence-electron chi connectivity index (χ2n) is 3.42. The number of hydrogen-bond acceptors (Lipinski definition) is 2. The van der Waals surface area contributed by atoms with Crippen LogP contribution in [0.25, 0.3) is 0 Å². The van der Waals surface area contributed by atoms with Crippen LogP contribution in [0.3, 0.4) is 0 Å². The maximum absolute atomic E-state index is 5.30. The van der Waals surface area contributed by atoms with Crippen LogP contribution in [0.1, 0.15) is 12.5 Å². The zero-order chi connectivity index (χ0) is 10.2. The van der Waals surface area contributed by atoms with Crippen LogP contribution in [0.2, 0.25) is 0 Å². The minimum absolute atomic E-state index is 0.805. The highest BCUT2D eigenvalue weighted by atomic mass is 16.5. The molecule has 0 fully saturated rings. The molecule has 0 aromatic heterocycles. The second-order valence-corrected chi connectivity index (χ2v) is 3.42. The summed E-state index contributed by atoms with van der Waals surface area (Å²) in [5.74, 6) is 0. The van der Waals surface area contributed by atoms with E-state index in [9.17, 15) is 0 Å². The van der Waals surface area contributed by atoms with Crippen molar-refractivity contribution in [3.63, 3.8) is 0 Å². The highest BCUT2D eigenvalue weighted by Crippen LogP contribution is 2.01. The van der Waals surface area contributed by atoms with E-state index in [2.05, 4.69) is 36.2 Å². The first-order valence-electron chi connectivity index (χ1n) is 5.13. The van der Waals surface area contributed by atoms with Gasteiger partial charge in [0.1, 0.15) is 0 Å². The first-order chi connectivity index (χ1) is 6.83. The lowest BCUT2D eigenvalue weighted by Crippen LogP contribution is -2.22. The highest BCUT2D eigenvalue weighted by molar-refractivity contribution is 5.14. The predicted molar refractivity (Wildman–Crippen MR) is 59.3 cm³/mol. The number of likely N-dealkylation sites (N-methyl/N-ethyl adjacent to an activating group) is 1. The second kappa shape index (κ2) is 6.57. The molecule has 0 bridgehead atoms. The van der Waals surface area contributed by atoms with Gasteiger partial charge in [0.25, 0.3) is 0 Å². The Balaban J connectivity index is 2.23. The van der Waals surface area contributed by atoms with Crippen LogP contribution >= 0.6 is 0 Å². The van der Waals surface area contributed by atoms with Gasteiger partial charge >= 0.3 is 0 Å². The first-order valence-corrected chi connectivity index (χ1v) is 5.13. The molecule has 0 saturated heterocycles. The van der Waals surface area contributed by atoms with Gasteiger partial charge in [-0.05, 0) is 19.5 Å². The molecule has 0 amide bonds. The van der Waals surface area contributed by atoms with Crippen molar-refractivity contribution in [2.45, 2.75) is 13.5 Å². The molecular weight excluding hydrogens is 174 g/mol. The van der Waals surface area contributed by atoms with Gasteiger partial charge in [-0.25, -0.2) is 0 Å². The van der Waals surface area contributed by atoms with Crippen molar-refractivity contribution in [3.8, 4) is 0 Å². The zero-order valence-electron chi connectivity index (χ0n) is 9.07. The Bertz CT molecular complexity index is 235. The van der Waals surface area contributed by atoms with Gasteiger partial charge in [-0.3, -0.25) is 4.90 Å². The van der Waals surface area contributed by atoms with Crippen LogP contribution in [-0.4, -0.2) is 31.7 Å². The molecular formula is C12H19NO. The van der Waals surface area contributed by atoms with E-state index in [0.29, 0.717) is 0 Å². The third-order valence-corrected chi connectivity index (χ3v) is 2.12. The summed E-state index contributed by atoms with van der Waals surface area (Å²) >= 11 is 0. The van der Waals surface area contributed by atoms with Gasteiger partial charge in [0.15, 0.2) is 0 Å². The average molecular weight is 193 g/mol. The van der Waals surface area contributed by atoms with E-state index in [1.807, 2.05) is 13.0 Å². The number of rotatable bonds is 6. The van der Waals surface area contributed by atoms with Crippen molar-refractivity contribution in [1.82, 2.24) is 4.90 Å². The van der Waals surface area contributed by atoms with Gasteiger partial charge in [0, 0.05) is 19.7 Å². The van der Waals surface area contributed by atoms with Crippen molar-refractivity contribution in [2.24, 2.45) is 0 Å². The van der Waals surface area contributed by atoms with E-state index in [1.165, 1.54) is 5.56 Å². The Morgan fingerprint density at radius 2 is 1.93 bits per heavy atom. The Morgan fingerprint density at radius 3 is 2.57 bits per heavy atom. The topological polar surface area (TPSA) is 12.5 Å². The van der Waals surface area contributed by atoms with Gasteiger partial charge in [0.05, 0.1) is 6.61 Å².